The number of oxime groups is 1. The van der Waals surface area contributed by atoms with Crippen LogP contribution >= 0.6 is 0 Å². The molecule has 0 saturated carbocycles. The Morgan fingerprint density at radius 2 is 2.16 bits per heavy atom. The quantitative estimate of drug-likeness (QED) is 0.528. The highest BCUT2D eigenvalue weighted by molar-refractivity contribution is 5.84. The maximum atomic E-state index is 13.5. The van der Waals surface area contributed by atoms with Gasteiger partial charge in [-0.2, -0.15) is 9.49 Å². The minimum atomic E-state index is -1.09. The molecule has 1 heterocycles. The van der Waals surface area contributed by atoms with Crippen molar-refractivity contribution in [3.05, 3.63) is 41.1 Å². The Bertz CT molecular complexity index is 638. The van der Waals surface area contributed by atoms with Crippen molar-refractivity contribution < 1.29 is 18.7 Å². The molecular weight excluding hydrogens is 256 g/mol. The van der Waals surface area contributed by atoms with E-state index in [1.54, 1.807) is 14.0 Å². The Labute approximate surface area is 107 Å². The van der Waals surface area contributed by atoms with Crippen molar-refractivity contribution in [2.75, 3.05) is 0 Å². The molecule has 0 saturated heterocycles. The number of aromatic nitrogens is 2. The maximum Gasteiger partial charge on any atom is 0.226 e. The Hall–Kier alpha value is -2.44. The zero-order valence-electron chi connectivity index (χ0n) is 10.3. The molecular formula is C12H11F2N3O2. The molecule has 0 aliphatic heterocycles. The molecule has 0 radical (unpaired) electrons. The lowest BCUT2D eigenvalue weighted by molar-refractivity contribution is 0.321. The summed E-state index contributed by atoms with van der Waals surface area (Å²) < 4.78 is 33.3. The third-order valence-corrected chi connectivity index (χ3v) is 2.52. The van der Waals surface area contributed by atoms with E-state index in [0.717, 1.165) is 12.3 Å². The second kappa shape index (κ2) is 5.05. The summed E-state index contributed by atoms with van der Waals surface area (Å²) in [6, 6.07) is 3.62. The van der Waals surface area contributed by atoms with Gasteiger partial charge in [0.05, 0.1) is 17.5 Å². The summed E-state index contributed by atoms with van der Waals surface area (Å²) in [5.41, 5.74) is 0.917. The third kappa shape index (κ3) is 2.40. The molecule has 1 N–H and O–H groups in total. The molecule has 100 valence electrons. The van der Waals surface area contributed by atoms with Crippen LogP contribution in [-0.4, -0.2) is 21.2 Å². The van der Waals surface area contributed by atoms with Gasteiger partial charge >= 0.3 is 0 Å². The van der Waals surface area contributed by atoms with Gasteiger partial charge in [-0.25, -0.2) is 9.07 Å². The fraction of sp³-hybridized carbons (Fsp3) is 0.167. The van der Waals surface area contributed by atoms with Crippen molar-refractivity contribution in [2.45, 2.75) is 6.92 Å². The number of hydrogen-bond acceptors (Lipinski definition) is 4. The van der Waals surface area contributed by atoms with E-state index < -0.39 is 11.6 Å². The van der Waals surface area contributed by atoms with E-state index in [1.165, 1.54) is 16.8 Å². The lowest BCUT2D eigenvalue weighted by atomic mass is 10.2. The fourth-order valence-electron chi connectivity index (χ4n) is 1.65. The molecule has 0 aliphatic rings. The van der Waals surface area contributed by atoms with Crippen LogP contribution in [0.15, 0.2) is 23.4 Å². The van der Waals surface area contributed by atoms with Crippen LogP contribution in [0.5, 0.6) is 11.6 Å². The number of halogens is 2. The Balaban J connectivity index is 2.46. The van der Waals surface area contributed by atoms with Crippen LogP contribution in [0.25, 0.3) is 0 Å². The summed E-state index contributed by atoms with van der Waals surface area (Å²) >= 11 is 0. The second-order valence-electron chi connectivity index (χ2n) is 3.83. The molecule has 7 heteroatoms. The monoisotopic (exact) mass is 267 g/mol. The van der Waals surface area contributed by atoms with Gasteiger partial charge in [-0.1, -0.05) is 11.2 Å². The van der Waals surface area contributed by atoms with E-state index in [2.05, 4.69) is 10.3 Å². The first-order chi connectivity index (χ1) is 9.04. The van der Waals surface area contributed by atoms with Crippen LogP contribution in [0.1, 0.15) is 11.3 Å². The van der Waals surface area contributed by atoms with Gasteiger partial charge in [-0.15, -0.1) is 0 Å². The Morgan fingerprint density at radius 3 is 2.84 bits per heavy atom. The smallest absolute Gasteiger partial charge is 0.226 e. The molecule has 1 aromatic carbocycles. The van der Waals surface area contributed by atoms with Crippen LogP contribution in [0, 0.1) is 18.6 Å². The number of ether oxygens (including phenoxy) is 1. The Morgan fingerprint density at radius 1 is 1.42 bits per heavy atom. The first kappa shape index (κ1) is 13.0. The zero-order valence-corrected chi connectivity index (χ0v) is 10.3. The SMILES string of the molecule is Cc1nn(C)c(Oc2cccc(F)c2F)c1/C=N/O. The van der Waals surface area contributed by atoms with Crippen molar-refractivity contribution in [3.8, 4) is 11.6 Å². The minimum absolute atomic E-state index is 0.153. The topological polar surface area (TPSA) is 59.6 Å². The molecule has 0 bridgehead atoms. The summed E-state index contributed by atoms with van der Waals surface area (Å²) in [7, 11) is 1.58. The molecule has 0 amide bonds. The average Bonchev–Trinajstić information content (AvgIpc) is 2.62. The molecule has 0 fully saturated rings. The van der Waals surface area contributed by atoms with E-state index in [-0.39, 0.29) is 11.6 Å². The largest absolute Gasteiger partial charge is 0.435 e. The summed E-state index contributed by atoms with van der Waals surface area (Å²) in [5, 5.41) is 15.5. The average molecular weight is 267 g/mol. The normalized spacial score (nSPS) is 11.2. The summed E-state index contributed by atoms with van der Waals surface area (Å²) in [6.07, 6.45) is 1.12. The predicted molar refractivity (Wildman–Crippen MR) is 63.8 cm³/mol. The van der Waals surface area contributed by atoms with Gasteiger partial charge in [-0.05, 0) is 19.1 Å². The van der Waals surface area contributed by atoms with Crippen LogP contribution in [0.3, 0.4) is 0 Å². The van der Waals surface area contributed by atoms with Gasteiger partial charge in [0.25, 0.3) is 0 Å². The van der Waals surface area contributed by atoms with Crippen molar-refractivity contribution in [1.29, 1.82) is 0 Å². The second-order valence-corrected chi connectivity index (χ2v) is 3.83. The third-order valence-electron chi connectivity index (χ3n) is 2.52. The predicted octanol–water partition coefficient (Wildman–Crippen LogP) is 2.61. The molecule has 2 aromatic rings. The number of hydrogen-bond donors (Lipinski definition) is 1. The van der Waals surface area contributed by atoms with Gasteiger partial charge in [0.2, 0.25) is 11.7 Å². The van der Waals surface area contributed by atoms with Gasteiger partial charge < -0.3 is 9.94 Å². The van der Waals surface area contributed by atoms with Crippen LogP contribution in [0.2, 0.25) is 0 Å². The highest BCUT2D eigenvalue weighted by Crippen LogP contribution is 2.28. The molecule has 0 spiro atoms. The highest BCUT2D eigenvalue weighted by atomic mass is 19.2. The number of benzene rings is 1. The first-order valence-corrected chi connectivity index (χ1v) is 5.37. The van der Waals surface area contributed by atoms with Crippen LogP contribution in [-0.2, 0) is 7.05 Å². The van der Waals surface area contributed by atoms with Gasteiger partial charge in [0, 0.05) is 7.05 Å². The standard InChI is InChI=1S/C12H11F2N3O2/c1-7-8(6-15-18)12(17(2)16-7)19-10-5-3-4-9(13)11(10)14/h3-6,18H,1-2H3/b15-6+. The van der Waals surface area contributed by atoms with Crippen LogP contribution < -0.4 is 4.74 Å². The Kier molecular flexibility index (Phi) is 3.46. The van der Waals surface area contributed by atoms with Gasteiger partial charge in [0.15, 0.2) is 11.6 Å². The number of nitrogens with zero attached hydrogens (tertiary/aromatic N) is 3. The summed E-state index contributed by atoms with van der Waals surface area (Å²) in [5.74, 6) is -2.21. The van der Waals surface area contributed by atoms with E-state index in [1.807, 2.05) is 0 Å². The molecule has 0 unspecified atom stereocenters. The van der Waals surface area contributed by atoms with Crippen molar-refractivity contribution in [1.82, 2.24) is 9.78 Å². The molecule has 1 aromatic heterocycles. The molecule has 19 heavy (non-hydrogen) atoms. The van der Waals surface area contributed by atoms with Crippen molar-refractivity contribution in [2.24, 2.45) is 12.2 Å². The van der Waals surface area contributed by atoms with E-state index in [4.69, 9.17) is 9.94 Å². The fourth-order valence-corrected chi connectivity index (χ4v) is 1.65. The molecule has 2 rings (SSSR count). The molecule has 0 aliphatic carbocycles. The number of aryl methyl sites for hydroxylation is 2. The van der Waals surface area contributed by atoms with Gasteiger partial charge in [-0.3, -0.25) is 0 Å². The van der Waals surface area contributed by atoms with Crippen LogP contribution in [0.4, 0.5) is 8.78 Å². The molecule has 5 nitrogen and oxygen atoms in total. The molecule has 0 atom stereocenters. The van der Waals surface area contributed by atoms with E-state index in [9.17, 15) is 8.78 Å². The van der Waals surface area contributed by atoms with Crippen molar-refractivity contribution >= 4 is 6.21 Å². The van der Waals surface area contributed by atoms with E-state index in [0.29, 0.717) is 11.3 Å². The summed E-state index contributed by atoms with van der Waals surface area (Å²) in [6.45, 7) is 1.67. The maximum absolute atomic E-state index is 13.5. The van der Waals surface area contributed by atoms with E-state index >= 15 is 0 Å². The highest BCUT2D eigenvalue weighted by Gasteiger charge is 2.17. The lowest BCUT2D eigenvalue weighted by Gasteiger charge is -2.07. The zero-order chi connectivity index (χ0) is 14.0. The van der Waals surface area contributed by atoms with Crippen molar-refractivity contribution in [3.63, 3.8) is 0 Å². The first-order valence-electron chi connectivity index (χ1n) is 5.37. The lowest BCUT2D eigenvalue weighted by Crippen LogP contribution is -1.99. The minimum Gasteiger partial charge on any atom is -0.435 e. The summed E-state index contributed by atoms with van der Waals surface area (Å²) in [4.78, 5) is 0. The number of rotatable bonds is 3. The van der Waals surface area contributed by atoms with Gasteiger partial charge in [0.1, 0.15) is 0 Å².